The van der Waals surface area contributed by atoms with Crippen molar-refractivity contribution >= 4 is 46.6 Å². The number of Topliss-reactive ketones (excluding diaryl/α,β-unsaturated/α-hetero) is 1. The van der Waals surface area contributed by atoms with E-state index in [1.165, 1.54) is 12.1 Å². The number of benzene rings is 1. The maximum Gasteiger partial charge on any atom is 0.343 e. The minimum atomic E-state index is -0.988. The summed E-state index contributed by atoms with van der Waals surface area (Å²) in [5.74, 6) is -1.52. The average molecular weight is 381 g/mol. The first-order valence-electron chi connectivity index (χ1n) is 6.82. The molecule has 124 valence electrons. The molecule has 4 nitrogen and oxygen atoms in total. The first kappa shape index (κ1) is 18.0. The van der Waals surface area contributed by atoms with E-state index in [0.29, 0.717) is 6.42 Å². The Kier molecular flexibility index (Phi) is 5.89. The van der Waals surface area contributed by atoms with Gasteiger partial charge < -0.3 is 10.1 Å². The molecular weight excluding hydrogens is 368 g/mol. The van der Waals surface area contributed by atoms with Gasteiger partial charge in [0.1, 0.15) is 11.7 Å². The largest absolute Gasteiger partial charge is 0.462 e. The summed E-state index contributed by atoms with van der Waals surface area (Å²) in [6.45, 7) is 1.70. The summed E-state index contributed by atoms with van der Waals surface area (Å²) >= 11 is 17.8. The molecule has 23 heavy (non-hydrogen) atoms. The van der Waals surface area contributed by atoms with Crippen LogP contribution in [0, 0.1) is 0 Å². The van der Waals surface area contributed by atoms with E-state index in [0.717, 1.165) is 6.20 Å². The van der Waals surface area contributed by atoms with Gasteiger partial charge in [-0.05, 0) is 19.1 Å². The van der Waals surface area contributed by atoms with Crippen LogP contribution in [0.2, 0.25) is 15.1 Å². The van der Waals surface area contributed by atoms with Gasteiger partial charge in [0.2, 0.25) is 5.78 Å². The van der Waals surface area contributed by atoms with Crippen LogP contribution in [0.4, 0.5) is 4.39 Å². The lowest BCUT2D eigenvalue weighted by Crippen LogP contribution is -2.21. The number of hydrogen-bond acceptors (Lipinski definition) is 4. The van der Waals surface area contributed by atoms with Gasteiger partial charge in [-0.1, -0.05) is 34.8 Å². The number of nitrogens with one attached hydrogen (secondary N) is 1. The van der Waals surface area contributed by atoms with Gasteiger partial charge in [0.15, 0.2) is 0 Å². The third kappa shape index (κ3) is 4.16. The highest BCUT2D eigenvalue weighted by molar-refractivity contribution is 6.49. The minimum Gasteiger partial charge on any atom is -0.462 e. The number of hydrogen-bond donors (Lipinski definition) is 1. The van der Waals surface area contributed by atoms with Crippen LogP contribution in [0.5, 0.6) is 0 Å². The number of esters is 1. The quantitative estimate of drug-likeness (QED) is 0.203. The predicted octanol–water partition coefficient (Wildman–Crippen LogP) is 3.98. The van der Waals surface area contributed by atoms with E-state index in [1.54, 1.807) is 6.92 Å². The van der Waals surface area contributed by atoms with Crippen molar-refractivity contribution in [1.29, 1.82) is 0 Å². The zero-order valence-electron chi connectivity index (χ0n) is 12.0. The van der Waals surface area contributed by atoms with Crippen LogP contribution < -0.4 is 5.32 Å². The average Bonchev–Trinajstić information content (AvgIpc) is 3.21. The van der Waals surface area contributed by atoms with Gasteiger partial charge in [0.25, 0.3) is 0 Å². The SMILES string of the molecule is CCOC(=O)C(=CN[C@@H]1C[C@@H]1F)C(=O)c1ccc(Cl)c(Cl)c1Cl. The molecule has 0 unspecified atom stereocenters. The zero-order chi connectivity index (χ0) is 17.1. The summed E-state index contributed by atoms with van der Waals surface area (Å²) in [7, 11) is 0. The third-order valence-electron chi connectivity index (χ3n) is 3.17. The molecule has 1 fully saturated rings. The lowest BCUT2D eigenvalue weighted by atomic mass is 10.0. The van der Waals surface area contributed by atoms with E-state index < -0.39 is 24.0 Å². The van der Waals surface area contributed by atoms with Crippen LogP contribution in [0.25, 0.3) is 0 Å². The number of alkyl halides is 1. The monoisotopic (exact) mass is 379 g/mol. The van der Waals surface area contributed by atoms with Crippen LogP contribution in [-0.4, -0.2) is 30.6 Å². The molecule has 0 aliphatic heterocycles. The van der Waals surface area contributed by atoms with Crippen molar-refractivity contribution in [2.24, 2.45) is 0 Å². The van der Waals surface area contributed by atoms with Gasteiger partial charge in [0.05, 0.1) is 27.7 Å². The predicted molar refractivity (Wildman–Crippen MR) is 87.0 cm³/mol. The van der Waals surface area contributed by atoms with E-state index in [2.05, 4.69) is 5.32 Å². The highest BCUT2D eigenvalue weighted by atomic mass is 35.5. The van der Waals surface area contributed by atoms with Crippen molar-refractivity contribution in [1.82, 2.24) is 5.32 Å². The second-order valence-corrected chi connectivity index (χ2v) is 6.02. The smallest absolute Gasteiger partial charge is 0.343 e. The van der Waals surface area contributed by atoms with Crippen molar-refractivity contribution < 1.29 is 18.7 Å². The summed E-state index contributed by atoms with van der Waals surface area (Å²) in [6.07, 6.45) is 0.496. The molecule has 1 N–H and O–H groups in total. The number of rotatable bonds is 6. The molecule has 8 heteroatoms. The number of ketones is 1. The molecule has 1 aliphatic carbocycles. The van der Waals surface area contributed by atoms with Crippen LogP contribution in [0.1, 0.15) is 23.7 Å². The van der Waals surface area contributed by atoms with Gasteiger partial charge >= 0.3 is 5.97 Å². The minimum absolute atomic E-state index is 0.00904. The summed E-state index contributed by atoms with van der Waals surface area (Å²) in [5.41, 5.74) is -0.277. The van der Waals surface area contributed by atoms with E-state index in [9.17, 15) is 14.0 Å². The molecule has 2 atom stereocenters. The van der Waals surface area contributed by atoms with Crippen LogP contribution >= 0.6 is 34.8 Å². The number of carbonyl (C=O) groups is 2. The summed E-state index contributed by atoms with van der Waals surface area (Å²) < 4.78 is 17.8. The van der Waals surface area contributed by atoms with Crippen molar-refractivity contribution in [3.05, 3.63) is 44.5 Å². The highest BCUT2D eigenvalue weighted by Crippen LogP contribution is 2.34. The zero-order valence-corrected chi connectivity index (χ0v) is 14.3. The lowest BCUT2D eigenvalue weighted by molar-refractivity contribution is -0.138. The van der Waals surface area contributed by atoms with Gasteiger partial charge in [-0.2, -0.15) is 0 Å². The fourth-order valence-electron chi connectivity index (χ4n) is 1.80. The molecule has 1 aromatic carbocycles. The van der Waals surface area contributed by atoms with Crippen molar-refractivity contribution in [3.63, 3.8) is 0 Å². The Bertz CT molecular complexity index is 678. The Morgan fingerprint density at radius 3 is 2.57 bits per heavy atom. The van der Waals surface area contributed by atoms with E-state index >= 15 is 0 Å². The maximum atomic E-state index is 12.9. The third-order valence-corrected chi connectivity index (χ3v) is 4.47. The molecule has 1 aromatic rings. The summed E-state index contributed by atoms with van der Waals surface area (Å²) in [6, 6.07) is 2.36. The Labute approximate surface area is 147 Å². The molecule has 0 aromatic heterocycles. The molecule has 0 saturated heterocycles. The van der Waals surface area contributed by atoms with Crippen LogP contribution in [-0.2, 0) is 9.53 Å². The molecule has 2 rings (SSSR count). The topological polar surface area (TPSA) is 55.4 Å². The lowest BCUT2D eigenvalue weighted by Gasteiger charge is -2.10. The van der Waals surface area contributed by atoms with Crippen LogP contribution in [0.3, 0.4) is 0 Å². The number of carbonyl (C=O) groups excluding carboxylic acids is 2. The Morgan fingerprint density at radius 1 is 1.35 bits per heavy atom. The Morgan fingerprint density at radius 2 is 2.00 bits per heavy atom. The molecule has 0 amide bonds. The molecule has 0 spiro atoms. The Hall–Kier alpha value is -1.30. The summed E-state index contributed by atoms with van der Waals surface area (Å²) in [4.78, 5) is 24.6. The first-order valence-corrected chi connectivity index (χ1v) is 7.95. The molecule has 0 bridgehead atoms. The fourth-order valence-corrected chi connectivity index (χ4v) is 2.42. The second kappa shape index (κ2) is 7.51. The van der Waals surface area contributed by atoms with Crippen molar-refractivity contribution in [3.8, 4) is 0 Å². The standard InChI is InChI=1S/C15H13Cl3FNO3/c1-2-23-15(22)8(6-20-11-5-10(11)19)14(21)7-3-4-9(16)13(18)12(7)17/h3-4,6,10-11,20H,2,5H2,1H3/t10-,11+/m0/s1. The van der Waals surface area contributed by atoms with E-state index in [1.807, 2.05) is 0 Å². The second-order valence-electron chi connectivity index (χ2n) is 4.86. The normalized spacial score (nSPS) is 20.1. The maximum absolute atomic E-state index is 12.9. The molecule has 0 radical (unpaired) electrons. The van der Waals surface area contributed by atoms with Crippen molar-refractivity contribution in [2.45, 2.75) is 25.6 Å². The molecule has 1 aliphatic rings. The first-order chi connectivity index (χ1) is 10.9. The fraction of sp³-hybridized carbons (Fsp3) is 0.333. The van der Waals surface area contributed by atoms with Gasteiger partial charge in [0, 0.05) is 18.2 Å². The molecule has 0 heterocycles. The van der Waals surface area contributed by atoms with E-state index in [-0.39, 0.29) is 32.8 Å². The molecular formula is C15H13Cl3FNO3. The van der Waals surface area contributed by atoms with Gasteiger partial charge in [-0.15, -0.1) is 0 Å². The van der Waals surface area contributed by atoms with Crippen LogP contribution in [0.15, 0.2) is 23.9 Å². The van der Waals surface area contributed by atoms with Gasteiger partial charge in [-0.3, -0.25) is 4.79 Å². The Balaban J connectivity index is 2.32. The van der Waals surface area contributed by atoms with Crippen molar-refractivity contribution in [2.75, 3.05) is 6.61 Å². The molecule has 1 saturated carbocycles. The van der Waals surface area contributed by atoms with E-state index in [4.69, 9.17) is 39.5 Å². The number of ether oxygens (including phenoxy) is 1. The number of halogens is 4. The highest BCUT2D eigenvalue weighted by Gasteiger charge is 2.37. The summed E-state index contributed by atoms with van der Waals surface area (Å²) in [5, 5.41) is 2.82. The van der Waals surface area contributed by atoms with Gasteiger partial charge in [-0.25, -0.2) is 9.18 Å².